The molecule has 0 radical (unpaired) electrons. The summed E-state index contributed by atoms with van der Waals surface area (Å²) in [7, 11) is -0.983. The van der Waals surface area contributed by atoms with Crippen molar-refractivity contribution in [3.8, 4) is 0 Å². The molecule has 0 spiro atoms. The van der Waals surface area contributed by atoms with Crippen LogP contribution in [0.2, 0.25) is 0 Å². The van der Waals surface area contributed by atoms with Crippen LogP contribution in [0.5, 0.6) is 0 Å². The maximum atomic E-state index is 12.5. The van der Waals surface area contributed by atoms with Gasteiger partial charge in [-0.2, -0.15) is 0 Å². The molecule has 8 nitrogen and oxygen atoms in total. The van der Waals surface area contributed by atoms with Crippen LogP contribution in [-0.2, 0) is 26.8 Å². The highest BCUT2D eigenvalue weighted by atomic mass is 32.2. The van der Waals surface area contributed by atoms with E-state index < -0.39 is 10.8 Å². The van der Waals surface area contributed by atoms with Gasteiger partial charge in [0, 0.05) is 61.0 Å². The number of aryl methyl sites for hydroxylation is 1. The lowest BCUT2D eigenvalue weighted by Gasteiger charge is -2.18. The number of carbonyl (C=O) groups is 3. The Kier molecular flexibility index (Phi) is 5.65. The molecule has 2 N–H and O–H groups in total. The fraction of sp³-hybridized carbons (Fsp3) is 0.529. The lowest BCUT2D eigenvalue weighted by atomic mass is 10.0. The molecule has 0 bridgehead atoms. The van der Waals surface area contributed by atoms with Crippen LogP contribution < -0.4 is 10.6 Å². The Hall–Kier alpha value is -2.29. The molecule has 3 amide bonds. The van der Waals surface area contributed by atoms with Gasteiger partial charge < -0.3 is 15.5 Å². The van der Waals surface area contributed by atoms with Crippen LogP contribution >= 0.6 is 0 Å². The summed E-state index contributed by atoms with van der Waals surface area (Å²) >= 11 is 0. The molecule has 26 heavy (non-hydrogen) atoms. The number of nitrogens with one attached hydrogen (secondary N) is 2. The summed E-state index contributed by atoms with van der Waals surface area (Å²) in [4.78, 5) is 41.8. The van der Waals surface area contributed by atoms with E-state index in [2.05, 4.69) is 15.6 Å². The number of fused-ring (bicyclic) bond motifs is 1. The highest BCUT2D eigenvalue weighted by molar-refractivity contribution is 7.84. The number of amides is 3. The van der Waals surface area contributed by atoms with Crippen molar-refractivity contribution in [3.63, 3.8) is 0 Å². The van der Waals surface area contributed by atoms with Crippen molar-refractivity contribution in [1.82, 2.24) is 15.2 Å². The number of nitrogens with zero attached hydrogens (tertiary/aromatic N) is 2. The van der Waals surface area contributed by atoms with Crippen molar-refractivity contribution in [2.24, 2.45) is 0 Å². The van der Waals surface area contributed by atoms with Gasteiger partial charge in [-0.15, -0.1) is 0 Å². The Morgan fingerprint density at radius 3 is 3.00 bits per heavy atom. The molecule has 2 atom stereocenters. The van der Waals surface area contributed by atoms with Crippen LogP contribution in [0.4, 0.5) is 5.82 Å². The minimum atomic E-state index is -0.983. The van der Waals surface area contributed by atoms with Crippen molar-refractivity contribution in [3.05, 3.63) is 23.4 Å². The zero-order valence-corrected chi connectivity index (χ0v) is 15.4. The van der Waals surface area contributed by atoms with Gasteiger partial charge in [0.05, 0.1) is 5.56 Å². The van der Waals surface area contributed by atoms with Crippen molar-refractivity contribution in [2.75, 3.05) is 30.4 Å². The molecule has 1 unspecified atom stereocenters. The van der Waals surface area contributed by atoms with E-state index in [0.29, 0.717) is 49.5 Å². The first-order valence-electron chi connectivity index (χ1n) is 8.60. The minimum absolute atomic E-state index is 0.0249. The highest BCUT2D eigenvalue weighted by Crippen LogP contribution is 2.21. The predicted octanol–water partition coefficient (Wildman–Crippen LogP) is 0.0656. The molecular formula is C17H22N4O4S. The van der Waals surface area contributed by atoms with Gasteiger partial charge in [0.25, 0.3) is 5.91 Å². The monoisotopic (exact) mass is 378 g/mol. The molecule has 2 aliphatic rings. The second kappa shape index (κ2) is 7.94. The molecule has 0 saturated carbocycles. The Morgan fingerprint density at radius 1 is 1.42 bits per heavy atom. The van der Waals surface area contributed by atoms with Crippen LogP contribution in [0.15, 0.2) is 12.3 Å². The molecule has 140 valence electrons. The van der Waals surface area contributed by atoms with Crippen molar-refractivity contribution in [2.45, 2.75) is 31.7 Å². The summed E-state index contributed by atoms with van der Waals surface area (Å²) < 4.78 is 11.1. The van der Waals surface area contributed by atoms with E-state index in [0.717, 1.165) is 5.56 Å². The van der Waals surface area contributed by atoms with Gasteiger partial charge in [0.2, 0.25) is 11.8 Å². The predicted molar refractivity (Wildman–Crippen MR) is 97.2 cm³/mol. The topological polar surface area (TPSA) is 108 Å². The van der Waals surface area contributed by atoms with E-state index in [9.17, 15) is 18.6 Å². The number of carbonyl (C=O) groups excluding carboxylic acids is 3. The zero-order valence-electron chi connectivity index (χ0n) is 14.6. The summed E-state index contributed by atoms with van der Waals surface area (Å²) in [6.07, 6.45) is 4.96. The van der Waals surface area contributed by atoms with E-state index in [1.165, 1.54) is 6.20 Å². The molecule has 2 aliphatic heterocycles. The van der Waals surface area contributed by atoms with Crippen molar-refractivity contribution >= 4 is 34.3 Å². The summed E-state index contributed by atoms with van der Waals surface area (Å²) in [5.41, 5.74) is 1.30. The Labute approximate surface area is 154 Å². The summed E-state index contributed by atoms with van der Waals surface area (Å²) in [6.45, 7) is 1.06. The molecule has 1 aromatic rings. The Balaban J connectivity index is 1.55. The summed E-state index contributed by atoms with van der Waals surface area (Å²) in [6, 6.07) is 1.65. The van der Waals surface area contributed by atoms with Gasteiger partial charge in [0.1, 0.15) is 5.82 Å². The molecule has 1 aromatic heterocycles. The van der Waals surface area contributed by atoms with E-state index in [1.54, 1.807) is 17.2 Å². The molecule has 0 aromatic carbocycles. The molecular weight excluding hydrogens is 356 g/mol. The second-order valence-electron chi connectivity index (χ2n) is 6.61. The summed E-state index contributed by atoms with van der Waals surface area (Å²) in [5, 5.41) is 5.63. The van der Waals surface area contributed by atoms with Gasteiger partial charge >= 0.3 is 0 Å². The number of pyridine rings is 1. The quantitative estimate of drug-likeness (QED) is 0.753. The SMILES string of the molecule is CS(=O)CCC(=O)N1CC[C@H](NC(=O)c2cnc3c(c2)CCC(=O)N3)C1. The standard InChI is InChI=1S/C17H22N4O4S/c1-26(25)7-5-15(23)21-6-4-13(10-21)19-17(24)12-8-11-2-3-14(22)20-16(11)18-9-12/h8-9,13H,2-7,10H2,1H3,(H,19,24)(H,18,20,22)/t13-,26?/m0/s1. The molecule has 1 saturated heterocycles. The molecule has 1 fully saturated rings. The molecule has 3 heterocycles. The fourth-order valence-corrected chi connectivity index (χ4v) is 3.60. The number of hydrogen-bond donors (Lipinski definition) is 2. The van der Waals surface area contributed by atoms with Crippen LogP contribution in [0.25, 0.3) is 0 Å². The van der Waals surface area contributed by atoms with Crippen molar-refractivity contribution in [1.29, 1.82) is 0 Å². The third-order valence-electron chi connectivity index (χ3n) is 4.59. The maximum absolute atomic E-state index is 12.5. The van der Waals surface area contributed by atoms with Gasteiger partial charge in [-0.1, -0.05) is 0 Å². The first-order valence-corrected chi connectivity index (χ1v) is 10.3. The minimum Gasteiger partial charge on any atom is -0.347 e. The lowest BCUT2D eigenvalue weighted by molar-refractivity contribution is -0.129. The number of likely N-dealkylation sites (tertiary alicyclic amines) is 1. The van der Waals surface area contributed by atoms with Gasteiger partial charge in [0.15, 0.2) is 0 Å². The number of aromatic nitrogens is 1. The van der Waals surface area contributed by atoms with Gasteiger partial charge in [-0.3, -0.25) is 18.6 Å². The van der Waals surface area contributed by atoms with E-state index in [4.69, 9.17) is 0 Å². The van der Waals surface area contributed by atoms with Crippen LogP contribution in [-0.4, -0.2) is 63.0 Å². The van der Waals surface area contributed by atoms with E-state index in [-0.39, 0.29) is 30.2 Å². The first kappa shape index (κ1) is 18.5. The number of hydrogen-bond acceptors (Lipinski definition) is 5. The van der Waals surface area contributed by atoms with Gasteiger partial charge in [-0.25, -0.2) is 4.98 Å². The number of anilines is 1. The fourth-order valence-electron chi connectivity index (χ4n) is 3.14. The lowest BCUT2D eigenvalue weighted by Crippen LogP contribution is -2.38. The Morgan fingerprint density at radius 2 is 2.23 bits per heavy atom. The first-order chi connectivity index (χ1) is 12.4. The van der Waals surface area contributed by atoms with Crippen LogP contribution in [0.3, 0.4) is 0 Å². The largest absolute Gasteiger partial charge is 0.347 e. The second-order valence-corrected chi connectivity index (χ2v) is 8.16. The molecule has 0 aliphatic carbocycles. The van der Waals surface area contributed by atoms with Crippen molar-refractivity contribution < 1.29 is 18.6 Å². The average molecular weight is 378 g/mol. The smallest absolute Gasteiger partial charge is 0.253 e. The zero-order chi connectivity index (χ0) is 18.7. The summed E-state index contributed by atoms with van der Waals surface area (Å²) in [5.74, 6) is 0.562. The van der Waals surface area contributed by atoms with E-state index >= 15 is 0 Å². The third-order valence-corrected chi connectivity index (χ3v) is 5.37. The molecule has 9 heteroatoms. The van der Waals surface area contributed by atoms with Crippen LogP contribution in [0, 0.1) is 0 Å². The average Bonchev–Trinajstić information content (AvgIpc) is 3.07. The molecule has 3 rings (SSSR count). The normalized spacial score (nSPS) is 20.3. The number of rotatable bonds is 5. The maximum Gasteiger partial charge on any atom is 0.253 e. The highest BCUT2D eigenvalue weighted by Gasteiger charge is 2.28. The van der Waals surface area contributed by atoms with Gasteiger partial charge in [-0.05, 0) is 24.5 Å². The van der Waals surface area contributed by atoms with E-state index in [1.807, 2.05) is 0 Å². The third kappa shape index (κ3) is 4.46. The van der Waals surface area contributed by atoms with Crippen LogP contribution in [0.1, 0.15) is 35.2 Å². The Bertz CT molecular complexity index is 767.